The lowest BCUT2D eigenvalue weighted by Crippen LogP contribution is -2.44. The van der Waals surface area contributed by atoms with Crippen molar-refractivity contribution in [1.82, 2.24) is 9.88 Å². The Bertz CT molecular complexity index is 1150. The molecule has 1 aromatic heterocycles. The van der Waals surface area contributed by atoms with E-state index in [2.05, 4.69) is 48.0 Å². The molecular formula is C26H28Cl2FN3O2. The Hall–Kier alpha value is -2.38. The Labute approximate surface area is 209 Å². The average molecular weight is 504 g/mol. The van der Waals surface area contributed by atoms with E-state index in [1.165, 1.54) is 17.7 Å². The van der Waals surface area contributed by atoms with E-state index in [0.29, 0.717) is 16.3 Å². The fraction of sp³-hybridized carbons (Fsp3) is 0.346. The van der Waals surface area contributed by atoms with Crippen LogP contribution in [0.5, 0.6) is 5.75 Å². The Morgan fingerprint density at radius 2 is 1.79 bits per heavy atom. The summed E-state index contributed by atoms with van der Waals surface area (Å²) >= 11 is 12.4. The van der Waals surface area contributed by atoms with Gasteiger partial charge in [0.2, 0.25) is 0 Å². The van der Waals surface area contributed by atoms with Gasteiger partial charge in [-0.15, -0.1) is 0 Å². The molecule has 3 atom stereocenters. The lowest BCUT2D eigenvalue weighted by atomic mass is 10.0. The summed E-state index contributed by atoms with van der Waals surface area (Å²) in [6.07, 6.45) is 1.55. The van der Waals surface area contributed by atoms with Crippen molar-refractivity contribution in [3.05, 3.63) is 75.7 Å². The molecule has 0 amide bonds. The fourth-order valence-corrected chi connectivity index (χ4v) is 5.02. The first kappa shape index (κ1) is 24.7. The van der Waals surface area contributed by atoms with Crippen molar-refractivity contribution in [3.8, 4) is 16.9 Å². The van der Waals surface area contributed by atoms with Gasteiger partial charge < -0.3 is 15.2 Å². The zero-order valence-corrected chi connectivity index (χ0v) is 20.9. The van der Waals surface area contributed by atoms with Gasteiger partial charge in [0.25, 0.3) is 0 Å². The van der Waals surface area contributed by atoms with E-state index in [1.807, 2.05) is 6.07 Å². The van der Waals surface area contributed by atoms with Gasteiger partial charge in [-0.25, -0.2) is 9.37 Å². The summed E-state index contributed by atoms with van der Waals surface area (Å²) in [5.74, 6) is 0.0469. The zero-order chi connectivity index (χ0) is 24.4. The van der Waals surface area contributed by atoms with Crippen molar-refractivity contribution < 1.29 is 13.9 Å². The van der Waals surface area contributed by atoms with Gasteiger partial charge >= 0.3 is 0 Å². The maximum absolute atomic E-state index is 13.9. The first-order valence-electron chi connectivity index (χ1n) is 11.2. The highest BCUT2D eigenvalue weighted by Crippen LogP contribution is 2.37. The van der Waals surface area contributed by atoms with Gasteiger partial charge in [0.05, 0.1) is 17.2 Å². The number of morpholine rings is 1. The second-order valence-electron chi connectivity index (χ2n) is 8.77. The van der Waals surface area contributed by atoms with Crippen LogP contribution in [0.15, 0.2) is 48.7 Å². The van der Waals surface area contributed by atoms with E-state index in [1.54, 1.807) is 13.1 Å². The van der Waals surface area contributed by atoms with Crippen LogP contribution in [-0.4, -0.2) is 35.2 Å². The first-order valence-corrected chi connectivity index (χ1v) is 12.0. The molecule has 2 aromatic carbocycles. The standard InChI is InChI=1S/C26H28Cl2FN3O2/c1-15-12-32(13-16(2)33-15)14-18-4-6-19(7-5-18)20-10-23(26(30)31-11-20)34-17(3)24-21(27)8-9-22(29)25(24)28/h4-11,15-17H,12-14H2,1-3H3,(H2,30,31)/t15-,16+,17?. The van der Waals surface area contributed by atoms with Crippen molar-refractivity contribution in [2.75, 3.05) is 18.8 Å². The molecule has 1 saturated heterocycles. The van der Waals surface area contributed by atoms with Crippen LogP contribution in [0.2, 0.25) is 10.0 Å². The highest BCUT2D eigenvalue weighted by atomic mass is 35.5. The second-order valence-corrected chi connectivity index (χ2v) is 9.56. The third-order valence-electron chi connectivity index (χ3n) is 5.86. The maximum Gasteiger partial charge on any atom is 0.166 e. The van der Waals surface area contributed by atoms with Gasteiger partial charge in [-0.2, -0.15) is 0 Å². The fourth-order valence-electron chi connectivity index (χ4n) is 4.35. The van der Waals surface area contributed by atoms with Crippen molar-refractivity contribution in [2.45, 2.75) is 45.6 Å². The van der Waals surface area contributed by atoms with Gasteiger partial charge in [0, 0.05) is 42.0 Å². The summed E-state index contributed by atoms with van der Waals surface area (Å²) in [7, 11) is 0. The minimum atomic E-state index is -0.629. The van der Waals surface area contributed by atoms with Gasteiger partial charge in [0.1, 0.15) is 11.9 Å². The summed E-state index contributed by atoms with van der Waals surface area (Å²) in [6.45, 7) is 8.67. The maximum atomic E-state index is 13.9. The first-order chi connectivity index (χ1) is 16.2. The predicted octanol–water partition coefficient (Wildman–Crippen LogP) is 6.53. The van der Waals surface area contributed by atoms with Gasteiger partial charge in [-0.1, -0.05) is 47.5 Å². The molecule has 180 valence electrons. The number of nitrogens with two attached hydrogens (primary N) is 1. The van der Waals surface area contributed by atoms with Crippen LogP contribution in [0, 0.1) is 5.82 Å². The molecule has 1 fully saturated rings. The van der Waals surface area contributed by atoms with Crippen LogP contribution in [0.4, 0.5) is 10.2 Å². The van der Waals surface area contributed by atoms with Crippen molar-refractivity contribution in [2.24, 2.45) is 0 Å². The number of ether oxygens (including phenoxy) is 2. The number of nitrogen functional groups attached to an aromatic ring is 1. The van der Waals surface area contributed by atoms with Crippen molar-refractivity contribution >= 4 is 29.0 Å². The van der Waals surface area contributed by atoms with E-state index in [4.69, 9.17) is 38.4 Å². The molecule has 0 radical (unpaired) electrons. The van der Waals surface area contributed by atoms with E-state index in [-0.39, 0.29) is 23.0 Å². The minimum absolute atomic E-state index is 0.0673. The van der Waals surface area contributed by atoms with E-state index in [9.17, 15) is 4.39 Å². The monoisotopic (exact) mass is 503 g/mol. The zero-order valence-electron chi connectivity index (χ0n) is 19.4. The minimum Gasteiger partial charge on any atom is -0.482 e. The normalized spacial score (nSPS) is 19.7. The second kappa shape index (κ2) is 10.5. The third kappa shape index (κ3) is 5.63. The summed E-state index contributed by atoms with van der Waals surface area (Å²) in [6, 6.07) is 12.8. The number of nitrogens with zero attached hydrogens (tertiary/aromatic N) is 2. The van der Waals surface area contributed by atoms with Gasteiger partial charge in [-0.05, 0) is 50.1 Å². The Balaban J connectivity index is 1.50. The lowest BCUT2D eigenvalue weighted by Gasteiger charge is -2.35. The molecule has 2 heterocycles. The quantitative estimate of drug-likeness (QED) is 0.387. The summed E-state index contributed by atoms with van der Waals surface area (Å²) in [5, 5.41) is 0.253. The molecule has 0 bridgehead atoms. The number of anilines is 1. The number of rotatable bonds is 6. The predicted molar refractivity (Wildman–Crippen MR) is 135 cm³/mol. The molecule has 0 aliphatic carbocycles. The molecule has 3 aromatic rings. The van der Waals surface area contributed by atoms with Gasteiger partial charge in [-0.3, -0.25) is 4.90 Å². The highest BCUT2D eigenvalue weighted by molar-refractivity contribution is 6.36. The van der Waals surface area contributed by atoms with Crippen LogP contribution in [0.1, 0.15) is 38.0 Å². The molecule has 34 heavy (non-hydrogen) atoms. The van der Waals surface area contributed by atoms with E-state index >= 15 is 0 Å². The lowest BCUT2D eigenvalue weighted by molar-refractivity contribution is -0.0704. The topological polar surface area (TPSA) is 60.6 Å². The van der Waals surface area contributed by atoms with Crippen LogP contribution >= 0.6 is 23.2 Å². The average Bonchev–Trinajstić information content (AvgIpc) is 2.78. The summed E-state index contributed by atoms with van der Waals surface area (Å²) in [5.41, 5.74) is 9.49. The third-order valence-corrected chi connectivity index (χ3v) is 6.57. The molecule has 4 rings (SSSR count). The number of aromatic nitrogens is 1. The van der Waals surface area contributed by atoms with Crippen LogP contribution in [0.3, 0.4) is 0 Å². The SMILES string of the molecule is CC(Oc1cc(-c2ccc(CN3C[C@@H](C)O[C@@H](C)C3)cc2)cnc1N)c1c(Cl)ccc(F)c1Cl. The number of benzene rings is 2. The molecular weight excluding hydrogens is 476 g/mol. The van der Waals surface area contributed by atoms with Crippen LogP contribution in [-0.2, 0) is 11.3 Å². The van der Waals surface area contributed by atoms with Gasteiger partial charge in [0.15, 0.2) is 11.6 Å². The number of pyridine rings is 1. The molecule has 8 heteroatoms. The largest absolute Gasteiger partial charge is 0.482 e. The Morgan fingerprint density at radius 3 is 2.47 bits per heavy atom. The molecule has 0 saturated carbocycles. The molecule has 1 aliphatic rings. The molecule has 2 N–H and O–H groups in total. The van der Waals surface area contributed by atoms with Crippen molar-refractivity contribution in [1.29, 1.82) is 0 Å². The number of halogens is 3. The molecule has 1 unspecified atom stereocenters. The van der Waals surface area contributed by atoms with Crippen LogP contribution < -0.4 is 10.5 Å². The number of hydrogen-bond donors (Lipinski definition) is 1. The summed E-state index contributed by atoms with van der Waals surface area (Å²) < 4.78 is 25.8. The molecule has 5 nitrogen and oxygen atoms in total. The smallest absolute Gasteiger partial charge is 0.166 e. The van der Waals surface area contributed by atoms with Crippen LogP contribution in [0.25, 0.3) is 11.1 Å². The van der Waals surface area contributed by atoms with Crippen molar-refractivity contribution in [3.63, 3.8) is 0 Å². The number of hydrogen-bond acceptors (Lipinski definition) is 5. The Morgan fingerprint density at radius 1 is 1.12 bits per heavy atom. The van der Waals surface area contributed by atoms with E-state index < -0.39 is 11.9 Å². The Kier molecular flexibility index (Phi) is 7.63. The molecule has 1 aliphatic heterocycles. The van der Waals surface area contributed by atoms with E-state index in [0.717, 1.165) is 30.8 Å². The summed E-state index contributed by atoms with van der Waals surface area (Å²) in [4.78, 5) is 6.70. The highest BCUT2D eigenvalue weighted by Gasteiger charge is 2.22. The molecule has 0 spiro atoms.